The number of para-hydroxylation sites is 1. The van der Waals surface area contributed by atoms with Crippen LogP contribution in [0.25, 0.3) is 0 Å². The van der Waals surface area contributed by atoms with Crippen LogP contribution in [-0.4, -0.2) is 18.0 Å². The Hall–Kier alpha value is -2.86. The summed E-state index contributed by atoms with van der Waals surface area (Å²) in [5.74, 6) is 1.18. The van der Waals surface area contributed by atoms with Crippen LogP contribution < -0.4 is 20.1 Å². The molecule has 0 amide bonds. The average Bonchev–Trinajstić information content (AvgIpc) is 2.65. The first-order chi connectivity index (χ1) is 13.4. The van der Waals surface area contributed by atoms with Crippen molar-refractivity contribution < 1.29 is 14.3 Å². The summed E-state index contributed by atoms with van der Waals surface area (Å²) in [6.45, 7) is 5.84. The molecule has 0 aromatic heterocycles. The van der Waals surface area contributed by atoms with Gasteiger partial charge in [0.1, 0.15) is 6.61 Å². The lowest BCUT2D eigenvalue weighted by Gasteiger charge is -2.31. The Morgan fingerprint density at radius 1 is 1.18 bits per heavy atom. The van der Waals surface area contributed by atoms with Crippen molar-refractivity contribution in [1.29, 1.82) is 0 Å². The molecular formula is C22H24N2O3S. The van der Waals surface area contributed by atoms with E-state index in [1.54, 1.807) is 14.0 Å². The number of nitrogens with one attached hydrogen (secondary N) is 2. The molecule has 6 heteroatoms. The van der Waals surface area contributed by atoms with E-state index in [4.69, 9.17) is 21.7 Å². The lowest BCUT2D eigenvalue weighted by Crippen LogP contribution is -2.44. The van der Waals surface area contributed by atoms with E-state index < -0.39 is 6.04 Å². The van der Waals surface area contributed by atoms with E-state index in [0.717, 1.165) is 16.8 Å². The van der Waals surface area contributed by atoms with Crippen LogP contribution in [0, 0.1) is 6.92 Å². The van der Waals surface area contributed by atoms with E-state index in [1.807, 2.05) is 50.2 Å². The largest absolute Gasteiger partial charge is 0.493 e. The van der Waals surface area contributed by atoms with Crippen molar-refractivity contribution in [3.63, 3.8) is 0 Å². The number of hydrogen-bond acceptors (Lipinski definition) is 4. The Balaban J connectivity index is 2.02. The Labute approximate surface area is 170 Å². The Morgan fingerprint density at radius 3 is 2.61 bits per heavy atom. The van der Waals surface area contributed by atoms with Crippen LogP contribution in [0.3, 0.4) is 0 Å². The molecule has 0 fully saturated rings. The number of aryl methyl sites for hydroxylation is 1. The summed E-state index contributed by atoms with van der Waals surface area (Å²) in [6.07, 6.45) is 0. The van der Waals surface area contributed by atoms with Gasteiger partial charge in [0.05, 0.1) is 13.2 Å². The molecule has 28 heavy (non-hydrogen) atoms. The average molecular weight is 397 g/mol. The molecule has 146 valence electrons. The number of benzene rings is 2. The minimum Gasteiger partial charge on any atom is -0.493 e. The number of carbonyl (C=O) groups is 1. The van der Waals surface area contributed by atoms with E-state index in [-0.39, 0.29) is 5.78 Å². The zero-order valence-electron chi connectivity index (χ0n) is 16.5. The summed E-state index contributed by atoms with van der Waals surface area (Å²) in [5.41, 5.74) is 4.41. The van der Waals surface area contributed by atoms with Gasteiger partial charge in [-0.1, -0.05) is 42.0 Å². The number of Topliss-reactive ketones (excluding diaryl/α,β-unsaturated/α-hetero) is 1. The van der Waals surface area contributed by atoms with Crippen molar-refractivity contribution in [2.24, 2.45) is 0 Å². The molecule has 0 aliphatic carbocycles. The Morgan fingerprint density at radius 2 is 1.93 bits per heavy atom. The van der Waals surface area contributed by atoms with E-state index >= 15 is 0 Å². The number of ether oxygens (including phenoxy) is 2. The maximum atomic E-state index is 12.3. The predicted octanol–water partition coefficient (Wildman–Crippen LogP) is 3.96. The van der Waals surface area contributed by atoms with Crippen molar-refractivity contribution in [3.8, 4) is 11.5 Å². The van der Waals surface area contributed by atoms with Crippen LogP contribution in [0.5, 0.6) is 11.5 Å². The second-order valence-electron chi connectivity index (χ2n) is 6.78. The molecule has 2 aromatic carbocycles. The molecule has 1 aliphatic heterocycles. The predicted molar refractivity (Wildman–Crippen MR) is 113 cm³/mol. The SMILES string of the molecule is COc1cccc(C2NC(=S)NC(C)=C2C(C)=O)c1OCc1cccc(C)c1. The van der Waals surface area contributed by atoms with Crippen molar-refractivity contribution >= 4 is 23.1 Å². The fraction of sp³-hybridized carbons (Fsp3) is 0.273. The van der Waals surface area contributed by atoms with Crippen LogP contribution >= 0.6 is 12.2 Å². The summed E-state index contributed by atoms with van der Waals surface area (Å²) in [7, 11) is 1.60. The van der Waals surface area contributed by atoms with Crippen LogP contribution in [0.2, 0.25) is 0 Å². The molecule has 0 radical (unpaired) electrons. The summed E-state index contributed by atoms with van der Waals surface area (Å²) in [4.78, 5) is 12.3. The molecule has 3 rings (SSSR count). The number of thiocarbonyl (C=S) groups is 1. The quantitative estimate of drug-likeness (QED) is 0.721. The van der Waals surface area contributed by atoms with E-state index in [2.05, 4.69) is 16.7 Å². The molecule has 0 bridgehead atoms. The van der Waals surface area contributed by atoms with Gasteiger partial charge in [0.25, 0.3) is 0 Å². The van der Waals surface area contributed by atoms with Gasteiger partial charge >= 0.3 is 0 Å². The minimum atomic E-state index is -0.408. The molecule has 1 aliphatic rings. The third-order valence-electron chi connectivity index (χ3n) is 4.65. The molecule has 0 saturated heterocycles. The molecule has 0 saturated carbocycles. The molecule has 1 unspecified atom stereocenters. The van der Waals surface area contributed by atoms with Gasteiger partial charge in [-0.05, 0) is 44.6 Å². The van der Waals surface area contributed by atoms with Crippen LogP contribution in [0.15, 0.2) is 53.7 Å². The molecule has 1 heterocycles. The maximum Gasteiger partial charge on any atom is 0.171 e. The van der Waals surface area contributed by atoms with Crippen molar-refractivity contribution in [2.75, 3.05) is 7.11 Å². The first-order valence-corrected chi connectivity index (χ1v) is 9.46. The summed E-state index contributed by atoms with van der Waals surface area (Å²) < 4.78 is 11.7. The molecular weight excluding hydrogens is 372 g/mol. The molecule has 1 atom stereocenters. The van der Waals surface area contributed by atoms with Gasteiger partial charge in [0, 0.05) is 16.8 Å². The number of rotatable bonds is 6. The van der Waals surface area contributed by atoms with Gasteiger partial charge in [0.15, 0.2) is 22.4 Å². The smallest absolute Gasteiger partial charge is 0.171 e. The van der Waals surface area contributed by atoms with E-state index in [9.17, 15) is 4.79 Å². The summed E-state index contributed by atoms with van der Waals surface area (Å²) in [5, 5.41) is 6.70. The summed E-state index contributed by atoms with van der Waals surface area (Å²) >= 11 is 5.32. The third kappa shape index (κ3) is 4.17. The lowest BCUT2D eigenvalue weighted by molar-refractivity contribution is -0.114. The Kier molecular flexibility index (Phi) is 5.99. The highest BCUT2D eigenvalue weighted by Gasteiger charge is 2.31. The highest BCUT2D eigenvalue weighted by molar-refractivity contribution is 7.80. The van der Waals surface area contributed by atoms with Crippen LogP contribution in [0.4, 0.5) is 0 Å². The minimum absolute atomic E-state index is 0.0301. The van der Waals surface area contributed by atoms with Crippen LogP contribution in [0.1, 0.15) is 36.6 Å². The molecule has 0 spiro atoms. The maximum absolute atomic E-state index is 12.3. The normalized spacial score (nSPS) is 16.3. The highest BCUT2D eigenvalue weighted by Crippen LogP contribution is 2.39. The van der Waals surface area contributed by atoms with Gasteiger partial charge in [-0.25, -0.2) is 0 Å². The molecule has 5 nitrogen and oxygen atoms in total. The van der Waals surface area contributed by atoms with Gasteiger partial charge in [-0.15, -0.1) is 0 Å². The topological polar surface area (TPSA) is 59.6 Å². The lowest BCUT2D eigenvalue weighted by atomic mass is 9.92. The van der Waals surface area contributed by atoms with E-state index in [0.29, 0.717) is 28.8 Å². The van der Waals surface area contributed by atoms with Gasteiger partial charge in [-0.2, -0.15) is 0 Å². The molecule has 2 N–H and O–H groups in total. The second kappa shape index (κ2) is 8.44. The van der Waals surface area contributed by atoms with Crippen LogP contribution in [-0.2, 0) is 11.4 Å². The molecule has 2 aromatic rings. The highest BCUT2D eigenvalue weighted by atomic mass is 32.1. The monoisotopic (exact) mass is 396 g/mol. The van der Waals surface area contributed by atoms with E-state index in [1.165, 1.54) is 5.56 Å². The first-order valence-electron chi connectivity index (χ1n) is 9.05. The number of methoxy groups -OCH3 is 1. The fourth-order valence-electron chi connectivity index (χ4n) is 3.43. The first kappa shape index (κ1) is 19.9. The number of carbonyl (C=O) groups excluding carboxylic acids is 1. The van der Waals surface area contributed by atoms with Crippen molar-refractivity contribution in [1.82, 2.24) is 10.6 Å². The number of hydrogen-bond donors (Lipinski definition) is 2. The Bertz CT molecular complexity index is 953. The number of ketones is 1. The van der Waals surface area contributed by atoms with Crippen molar-refractivity contribution in [2.45, 2.75) is 33.4 Å². The summed E-state index contributed by atoms with van der Waals surface area (Å²) in [6, 6.07) is 13.4. The zero-order valence-corrected chi connectivity index (χ0v) is 17.3. The van der Waals surface area contributed by atoms with Crippen molar-refractivity contribution in [3.05, 3.63) is 70.4 Å². The third-order valence-corrected chi connectivity index (χ3v) is 4.87. The van der Waals surface area contributed by atoms with Gasteiger partial charge in [-0.3, -0.25) is 4.79 Å². The number of allylic oxidation sites excluding steroid dienone is 1. The van der Waals surface area contributed by atoms with Gasteiger partial charge in [0.2, 0.25) is 0 Å². The standard InChI is InChI=1S/C22H24N2O3S/c1-13-7-5-8-16(11-13)12-27-21-17(9-6-10-18(21)26-4)20-19(15(3)25)14(2)23-22(28)24-20/h5-11,20H,12H2,1-4H3,(H2,23,24,28). The zero-order chi connectivity index (χ0) is 20.3. The second-order valence-corrected chi connectivity index (χ2v) is 7.19. The van der Waals surface area contributed by atoms with Gasteiger partial charge < -0.3 is 20.1 Å². The fourth-order valence-corrected chi connectivity index (χ4v) is 3.70.